The normalized spacial score (nSPS) is 16.7. The molecular formula is C15H22FN3O. The Balaban J connectivity index is 1.86. The Bertz CT molecular complexity index is 456. The van der Waals surface area contributed by atoms with Gasteiger partial charge in [-0.05, 0) is 31.0 Å². The standard InChI is InChI=1S/C15H22FN3O/c1-12(2)6-7-18-8-10-19(11-9-18)15(20)13-4-3-5-14(16)17-13/h3-5,12H,6-11H2,1-2H3. The maximum atomic E-state index is 13.0. The van der Waals surface area contributed by atoms with E-state index in [2.05, 4.69) is 23.7 Å². The van der Waals surface area contributed by atoms with Gasteiger partial charge in [-0.25, -0.2) is 4.98 Å². The topological polar surface area (TPSA) is 36.4 Å². The van der Waals surface area contributed by atoms with E-state index in [0.717, 1.165) is 19.6 Å². The summed E-state index contributed by atoms with van der Waals surface area (Å²) in [6, 6.07) is 4.34. The number of carbonyl (C=O) groups excluding carboxylic acids is 1. The fourth-order valence-corrected chi connectivity index (χ4v) is 2.30. The molecule has 20 heavy (non-hydrogen) atoms. The maximum absolute atomic E-state index is 13.0. The molecular weight excluding hydrogens is 257 g/mol. The predicted molar refractivity (Wildman–Crippen MR) is 76.0 cm³/mol. The molecule has 1 fully saturated rings. The Morgan fingerprint density at radius 2 is 2.00 bits per heavy atom. The second-order valence-electron chi connectivity index (χ2n) is 5.66. The molecule has 1 aromatic rings. The lowest BCUT2D eigenvalue weighted by Gasteiger charge is -2.34. The Labute approximate surface area is 119 Å². The van der Waals surface area contributed by atoms with Gasteiger partial charge in [0.2, 0.25) is 5.95 Å². The summed E-state index contributed by atoms with van der Waals surface area (Å²) in [4.78, 5) is 20.0. The Kier molecular flexibility index (Phi) is 5.06. The van der Waals surface area contributed by atoms with E-state index in [1.807, 2.05) is 0 Å². The van der Waals surface area contributed by atoms with Crippen molar-refractivity contribution >= 4 is 5.91 Å². The van der Waals surface area contributed by atoms with Crippen LogP contribution in [-0.2, 0) is 0 Å². The number of nitrogens with zero attached hydrogens (tertiary/aromatic N) is 3. The van der Waals surface area contributed by atoms with Crippen LogP contribution in [0.4, 0.5) is 4.39 Å². The highest BCUT2D eigenvalue weighted by Gasteiger charge is 2.22. The van der Waals surface area contributed by atoms with Gasteiger partial charge >= 0.3 is 0 Å². The number of pyridine rings is 1. The van der Waals surface area contributed by atoms with E-state index in [1.165, 1.54) is 18.6 Å². The Morgan fingerprint density at radius 3 is 2.60 bits per heavy atom. The minimum absolute atomic E-state index is 0.173. The zero-order chi connectivity index (χ0) is 14.5. The number of carbonyl (C=O) groups is 1. The van der Waals surface area contributed by atoms with Crippen LogP contribution in [0.3, 0.4) is 0 Å². The quantitative estimate of drug-likeness (QED) is 0.791. The van der Waals surface area contributed by atoms with Crippen LogP contribution in [0.2, 0.25) is 0 Å². The van der Waals surface area contributed by atoms with Crippen molar-refractivity contribution < 1.29 is 9.18 Å². The van der Waals surface area contributed by atoms with E-state index in [4.69, 9.17) is 0 Å². The van der Waals surface area contributed by atoms with E-state index in [1.54, 1.807) is 11.0 Å². The van der Waals surface area contributed by atoms with E-state index >= 15 is 0 Å². The molecule has 110 valence electrons. The van der Waals surface area contributed by atoms with Gasteiger partial charge in [-0.3, -0.25) is 9.69 Å². The number of hydrogen-bond acceptors (Lipinski definition) is 3. The number of aromatic nitrogens is 1. The molecule has 1 amide bonds. The largest absolute Gasteiger partial charge is 0.335 e. The van der Waals surface area contributed by atoms with Crippen molar-refractivity contribution in [3.63, 3.8) is 0 Å². The highest BCUT2D eigenvalue weighted by atomic mass is 19.1. The molecule has 2 heterocycles. The molecule has 0 atom stereocenters. The predicted octanol–water partition coefficient (Wildman–Crippen LogP) is 2.02. The lowest BCUT2D eigenvalue weighted by molar-refractivity contribution is 0.0625. The van der Waals surface area contributed by atoms with E-state index in [0.29, 0.717) is 19.0 Å². The molecule has 1 aliphatic rings. The first-order chi connectivity index (χ1) is 9.56. The zero-order valence-electron chi connectivity index (χ0n) is 12.2. The van der Waals surface area contributed by atoms with Crippen LogP contribution in [-0.4, -0.2) is 53.4 Å². The van der Waals surface area contributed by atoms with Crippen LogP contribution in [0.25, 0.3) is 0 Å². The summed E-state index contributed by atoms with van der Waals surface area (Å²) in [5.74, 6) is -0.0782. The van der Waals surface area contributed by atoms with Gasteiger partial charge in [0.25, 0.3) is 5.91 Å². The molecule has 5 heteroatoms. The number of rotatable bonds is 4. The van der Waals surface area contributed by atoms with Crippen molar-refractivity contribution in [1.82, 2.24) is 14.8 Å². The monoisotopic (exact) mass is 279 g/mol. The molecule has 0 aliphatic carbocycles. The van der Waals surface area contributed by atoms with Crippen molar-refractivity contribution in [2.75, 3.05) is 32.7 Å². The van der Waals surface area contributed by atoms with Crippen molar-refractivity contribution in [3.05, 3.63) is 29.8 Å². The highest BCUT2D eigenvalue weighted by Crippen LogP contribution is 2.09. The summed E-state index contributed by atoms with van der Waals surface area (Å²) in [6.07, 6.45) is 1.18. The number of hydrogen-bond donors (Lipinski definition) is 0. The van der Waals surface area contributed by atoms with E-state index in [-0.39, 0.29) is 11.6 Å². The number of halogens is 1. The molecule has 0 radical (unpaired) electrons. The SMILES string of the molecule is CC(C)CCN1CCN(C(=O)c2cccc(F)n2)CC1. The summed E-state index contributed by atoms with van der Waals surface area (Å²) in [6.45, 7) is 8.66. The molecule has 0 aromatic carbocycles. The molecule has 1 aromatic heterocycles. The first kappa shape index (κ1) is 14.9. The highest BCUT2D eigenvalue weighted by molar-refractivity contribution is 5.92. The molecule has 2 rings (SSSR count). The van der Waals surface area contributed by atoms with Gasteiger partial charge in [0, 0.05) is 26.2 Å². The van der Waals surface area contributed by atoms with Gasteiger partial charge in [0.1, 0.15) is 5.69 Å². The lowest BCUT2D eigenvalue weighted by Crippen LogP contribution is -2.49. The van der Waals surface area contributed by atoms with Gasteiger partial charge in [-0.15, -0.1) is 0 Å². The Hall–Kier alpha value is -1.49. The molecule has 0 bridgehead atoms. The Morgan fingerprint density at radius 1 is 1.30 bits per heavy atom. The smallest absolute Gasteiger partial charge is 0.272 e. The van der Waals surface area contributed by atoms with Crippen LogP contribution in [0.15, 0.2) is 18.2 Å². The zero-order valence-corrected chi connectivity index (χ0v) is 12.2. The summed E-state index contributed by atoms with van der Waals surface area (Å²) in [7, 11) is 0. The molecule has 0 N–H and O–H groups in total. The summed E-state index contributed by atoms with van der Waals surface area (Å²) >= 11 is 0. The lowest BCUT2D eigenvalue weighted by atomic mass is 10.1. The van der Waals surface area contributed by atoms with Crippen LogP contribution in [0.5, 0.6) is 0 Å². The third kappa shape index (κ3) is 4.00. The molecule has 0 spiro atoms. The van der Waals surface area contributed by atoms with Crippen molar-refractivity contribution in [2.45, 2.75) is 20.3 Å². The second kappa shape index (κ2) is 6.79. The van der Waals surface area contributed by atoms with Crippen molar-refractivity contribution in [2.24, 2.45) is 5.92 Å². The van der Waals surface area contributed by atoms with Crippen molar-refractivity contribution in [3.8, 4) is 0 Å². The van der Waals surface area contributed by atoms with Crippen molar-refractivity contribution in [1.29, 1.82) is 0 Å². The molecule has 4 nitrogen and oxygen atoms in total. The van der Waals surface area contributed by atoms with Gasteiger partial charge in [0.15, 0.2) is 0 Å². The number of piperazine rings is 1. The van der Waals surface area contributed by atoms with Crippen LogP contribution < -0.4 is 0 Å². The first-order valence-corrected chi connectivity index (χ1v) is 7.20. The van der Waals surface area contributed by atoms with Crippen LogP contribution in [0, 0.1) is 11.9 Å². The minimum atomic E-state index is -0.605. The molecule has 1 aliphatic heterocycles. The first-order valence-electron chi connectivity index (χ1n) is 7.20. The van der Waals surface area contributed by atoms with Gasteiger partial charge in [-0.2, -0.15) is 4.39 Å². The minimum Gasteiger partial charge on any atom is -0.335 e. The van der Waals surface area contributed by atoms with Gasteiger partial charge in [0.05, 0.1) is 0 Å². The average molecular weight is 279 g/mol. The molecule has 0 unspecified atom stereocenters. The summed E-state index contributed by atoms with van der Waals surface area (Å²) < 4.78 is 13.0. The van der Waals surface area contributed by atoms with Gasteiger partial charge < -0.3 is 4.90 Å². The van der Waals surface area contributed by atoms with Crippen LogP contribution >= 0.6 is 0 Å². The fraction of sp³-hybridized carbons (Fsp3) is 0.600. The van der Waals surface area contributed by atoms with Gasteiger partial charge in [-0.1, -0.05) is 19.9 Å². The fourth-order valence-electron chi connectivity index (χ4n) is 2.30. The molecule has 1 saturated heterocycles. The average Bonchev–Trinajstić information content (AvgIpc) is 2.45. The molecule has 0 saturated carbocycles. The third-order valence-electron chi connectivity index (χ3n) is 3.62. The van der Waals surface area contributed by atoms with E-state index in [9.17, 15) is 9.18 Å². The number of amides is 1. The maximum Gasteiger partial charge on any atom is 0.272 e. The van der Waals surface area contributed by atoms with Crippen LogP contribution in [0.1, 0.15) is 30.8 Å². The third-order valence-corrected chi connectivity index (χ3v) is 3.62. The summed E-state index contributed by atoms with van der Waals surface area (Å²) in [5, 5.41) is 0. The van der Waals surface area contributed by atoms with E-state index < -0.39 is 5.95 Å². The second-order valence-corrected chi connectivity index (χ2v) is 5.66. The summed E-state index contributed by atoms with van der Waals surface area (Å²) in [5.41, 5.74) is 0.195.